The number of nitrogens with two attached hydrogens (primary N) is 1. The van der Waals surface area contributed by atoms with Gasteiger partial charge in [-0.3, -0.25) is 0 Å². The Hall–Kier alpha value is -1.22. The molecule has 1 aromatic carbocycles. The molecule has 0 saturated carbocycles. The average Bonchev–Trinajstić information content (AvgIpc) is 2.17. The van der Waals surface area contributed by atoms with Crippen LogP contribution in [0.3, 0.4) is 0 Å². The van der Waals surface area contributed by atoms with Gasteiger partial charge in [0.15, 0.2) is 0 Å². The third-order valence-electron chi connectivity index (χ3n) is 2.61. The first kappa shape index (κ1) is 9.34. The maximum atomic E-state index is 5.81. The molecule has 14 heavy (non-hydrogen) atoms. The Balaban J connectivity index is 2.39. The highest BCUT2D eigenvalue weighted by Gasteiger charge is 2.15. The van der Waals surface area contributed by atoms with Gasteiger partial charge >= 0.3 is 0 Å². The summed E-state index contributed by atoms with van der Waals surface area (Å²) in [5.41, 5.74) is 8.09. The monoisotopic (exact) mass is 192 g/mol. The zero-order chi connectivity index (χ0) is 10.1. The van der Waals surface area contributed by atoms with E-state index in [1.165, 1.54) is 0 Å². The van der Waals surface area contributed by atoms with Crippen molar-refractivity contribution < 1.29 is 4.74 Å². The lowest BCUT2D eigenvalue weighted by Crippen LogP contribution is -2.28. The Morgan fingerprint density at radius 3 is 3.00 bits per heavy atom. The average molecular weight is 192 g/mol. The van der Waals surface area contributed by atoms with Crippen LogP contribution >= 0.6 is 0 Å². The highest BCUT2D eigenvalue weighted by molar-refractivity contribution is 5.60. The summed E-state index contributed by atoms with van der Waals surface area (Å²) in [6.07, 6.45) is 0. The first-order valence-corrected chi connectivity index (χ1v) is 4.92. The van der Waals surface area contributed by atoms with E-state index in [1.54, 1.807) is 0 Å². The van der Waals surface area contributed by atoms with Crippen LogP contribution in [-0.2, 0) is 0 Å². The van der Waals surface area contributed by atoms with Crippen molar-refractivity contribution in [2.75, 3.05) is 25.1 Å². The molecular formula is C11H16N2O. The van der Waals surface area contributed by atoms with Gasteiger partial charge in [-0.05, 0) is 24.6 Å². The second-order valence-electron chi connectivity index (χ2n) is 3.79. The minimum Gasteiger partial charge on any atom is -0.490 e. The summed E-state index contributed by atoms with van der Waals surface area (Å²) in [4.78, 5) is 2.20. The Labute approximate surface area is 84.5 Å². The van der Waals surface area contributed by atoms with Crippen LogP contribution in [0, 0.1) is 0 Å². The Bertz CT molecular complexity index is 336. The van der Waals surface area contributed by atoms with E-state index in [0.29, 0.717) is 0 Å². The fraction of sp³-hybridized carbons (Fsp3) is 0.455. The van der Waals surface area contributed by atoms with Crippen LogP contribution in [0.15, 0.2) is 18.2 Å². The van der Waals surface area contributed by atoms with Gasteiger partial charge in [-0.2, -0.15) is 0 Å². The molecule has 0 aromatic heterocycles. The molecule has 3 nitrogen and oxygen atoms in total. The third-order valence-corrected chi connectivity index (χ3v) is 2.61. The molecule has 3 heteroatoms. The summed E-state index contributed by atoms with van der Waals surface area (Å²) in [6, 6.07) is 6.24. The van der Waals surface area contributed by atoms with Gasteiger partial charge in [-0.25, -0.2) is 0 Å². The molecule has 0 aliphatic carbocycles. The highest BCUT2D eigenvalue weighted by atomic mass is 16.5. The van der Waals surface area contributed by atoms with Crippen molar-refractivity contribution in [2.24, 2.45) is 5.73 Å². The van der Waals surface area contributed by atoms with Crippen LogP contribution in [-0.4, -0.2) is 20.2 Å². The first-order valence-electron chi connectivity index (χ1n) is 4.92. The minimum absolute atomic E-state index is 0.0659. The van der Waals surface area contributed by atoms with Crippen LogP contribution in [0.2, 0.25) is 0 Å². The van der Waals surface area contributed by atoms with Crippen LogP contribution < -0.4 is 15.4 Å². The van der Waals surface area contributed by atoms with E-state index in [4.69, 9.17) is 10.5 Å². The van der Waals surface area contributed by atoms with Crippen molar-refractivity contribution in [1.82, 2.24) is 0 Å². The van der Waals surface area contributed by atoms with Crippen molar-refractivity contribution in [2.45, 2.75) is 13.0 Å². The topological polar surface area (TPSA) is 38.5 Å². The van der Waals surface area contributed by atoms with Gasteiger partial charge in [0.2, 0.25) is 0 Å². The van der Waals surface area contributed by atoms with E-state index in [2.05, 4.69) is 24.1 Å². The summed E-state index contributed by atoms with van der Waals surface area (Å²) < 4.78 is 5.59. The number of rotatable bonds is 1. The molecule has 1 aliphatic heterocycles. The molecule has 0 amide bonds. The number of likely N-dealkylation sites (N-methyl/N-ethyl adjacent to an activating group) is 1. The molecule has 1 atom stereocenters. The van der Waals surface area contributed by atoms with Gasteiger partial charge in [-0.1, -0.05) is 6.07 Å². The van der Waals surface area contributed by atoms with Crippen molar-refractivity contribution >= 4 is 5.69 Å². The molecule has 0 bridgehead atoms. The summed E-state index contributed by atoms with van der Waals surface area (Å²) in [7, 11) is 2.08. The molecule has 1 aromatic rings. The Morgan fingerprint density at radius 1 is 1.50 bits per heavy atom. The Morgan fingerprint density at radius 2 is 2.29 bits per heavy atom. The van der Waals surface area contributed by atoms with Crippen molar-refractivity contribution in [3.63, 3.8) is 0 Å². The summed E-state index contributed by atoms with van der Waals surface area (Å²) >= 11 is 0. The molecule has 0 unspecified atom stereocenters. The number of ether oxygens (including phenoxy) is 1. The highest BCUT2D eigenvalue weighted by Crippen LogP contribution is 2.32. The molecule has 2 N–H and O–H groups in total. The number of fused-ring (bicyclic) bond motifs is 1. The fourth-order valence-electron chi connectivity index (χ4n) is 1.66. The van der Waals surface area contributed by atoms with Crippen molar-refractivity contribution in [3.05, 3.63) is 23.8 Å². The maximum Gasteiger partial charge on any atom is 0.143 e. The smallest absolute Gasteiger partial charge is 0.143 e. The fourth-order valence-corrected chi connectivity index (χ4v) is 1.66. The quantitative estimate of drug-likeness (QED) is 0.733. The van der Waals surface area contributed by atoms with Gasteiger partial charge in [-0.15, -0.1) is 0 Å². The van der Waals surface area contributed by atoms with E-state index < -0.39 is 0 Å². The number of nitrogens with zero attached hydrogens (tertiary/aromatic N) is 1. The second-order valence-corrected chi connectivity index (χ2v) is 3.79. The molecular weight excluding hydrogens is 176 g/mol. The lowest BCUT2D eigenvalue weighted by atomic mass is 10.1. The summed E-state index contributed by atoms with van der Waals surface area (Å²) in [5, 5.41) is 0. The predicted octanol–water partition coefficient (Wildman–Crippen LogP) is 1.53. The zero-order valence-electron chi connectivity index (χ0n) is 8.66. The number of hydrogen-bond acceptors (Lipinski definition) is 3. The summed E-state index contributed by atoms with van der Waals surface area (Å²) in [6.45, 7) is 3.69. The van der Waals surface area contributed by atoms with Crippen LogP contribution in [0.4, 0.5) is 5.69 Å². The standard InChI is InChI=1S/C11H16N2O/c1-8(12)9-3-4-10-11(7-9)14-6-5-13(10)2/h3-4,7-8H,5-6,12H2,1-2H3/t8-/m1/s1. The van der Waals surface area contributed by atoms with E-state index in [-0.39, 0.29) is 6.04 Å². The lowest BCUT2D eigenvalue weighted by molar-refractivity contribution is 0.311. The van der Waals surface area contributed by atoms with Gasteiger partial charge in [0.25, 0.3) is 0 Å². The molecule has 0 radical (unpaired) electrons. The van der Waals surface area contributed by atoms with Crippen molar-refractivity contribution in [3.8, 4) is 5.75 Å². The van der Waals surface area contributed by atoms with Crippen molar-refractivity contribution in [1.29, 1.82) is 0 Å². The number of anilines is 1. The molecule has 0 saturated heterocycles. The molecule has 76 valence electrons. The molecule has 0 fully saturated rings. The molecule has 1 heterocycles. The van der Waals surface area contributed by atoms with E-state index >= 15 is 0 Å². The van der Waals surface area contributed by atoms with E-state index in [9.17, 15) is 0 Å². The first-order chi connectivity index (χ1) is 6.68. The number of hydrogen-bond donors (Lipinski definition) is 1. The van der Waals surface area contributed by atoms with Gasteiger partial charge in [0.05, 0.1) is 12.2 Å². The normalized spacial score (nSPS) is 17.2. The lowest BCUT2D eigenvalue weighted by Gasteiger charge is -2.28. The second kappa shape index (κ2) is 3.50. The Kier molecular flexibility index (Phi) is 2.33. The minimum atomic E-state index is 0.0659. The largest absolute Gasteiger partial charge is 0.490 e. The van der Waals surface area contributed by atoms with E-state index in [0.717, 1.165) is 30.2 Å². The predicted molar refractivity (Wildman–Crippen MR) is 57.8 cm³/mol. The van der Waals surface area contributed by atoms with E-state index in [1.807, 2.05) is 13.0 Å². The third kappa shape index (κ3) is 1.55. The van der Waals surface area contributed by atoms with Gasteiger partial charge < -0.3 is 15.4 Å². The molecule has 1 aliphatic rings. The SMILES string of the molecule is C[C@@H](N)c1ccc2c(c1)OCCN2C. The van der Waals surface area contributed by atoms with Crippen LogP contribution in [0.25, 0.3) is 0 Å². The number of benzene rings is 1. The van der Waals surface area contributed by atoms with Gasteiger partial charge in [0.1, 0.15) is 12.4 Å². The van der Waals surface area contributed by atoms with Crippen LogP contribution in [0.1, 0.15) is 18.5 Å². The zero-order valence-corrected chi connectivity index (χ0v) is 8.66. The molecule has 2 rings (SSSR count). The van der Waals surface area contributed by atoms with Gasteiger partial charge in [0, 0.05) is 13.1 Å². The summed E-state index contributed by atoms with van der Waals surface area (Å²) in [5.74, 6) is 0.952. The maximum absolute atomic E-state index is 5.81. The molecule has 0 spiro atoms. The van der Waals surface area contributed by atoms with Crippen LogP contribution in [0.5, 0.6) is 5.75 Å².